The van der Waals surface area contributed by atoms with Crippen LogP contribution in [-0.2, 0) is 0 Å². The van der Waals surface area contributed by atoms with Crippen LogP contribution in [0.2, 0.25) is 0 Å². The maximum absolute atomic E-state index is 4.03. The molecule has 0 aliphatic carbocycles. The van der Waals surface area contributed by atoms with Crippen LogP contribution in [0.25, 0.3) is 0 Å². The van der Waals surface area contributed by atoms with E-state index in [0.29, 0.717) is 12.1 Å². The van der Waals surface area contributed by atoms with E-state index in [1.807, 2.05) is 0 Å². The molecule has 4 rings (SSSR count). The Balaban J connectivity index is 1.31. The minimum atomic E-state index is 0.537. The molecule has 1 unspecified atom stereocenters. The van der Waals surface area contributed by atoms with E-state index >= 15 is 0 Å². The van der Waals surface area contributed by atoms with E-state index in [4.69, 9.17) is 0 Å². The maximum atomic E-state index is 4.03. The number of benzene rings is 1. The van der Waals surface area contributed by atoms with Crippen molar-refractivity contribution in [3.05, 3.63) is 35.9 Å². The zero-order valence-electron chi connectivity index (χ0n) is 15.3. The van der Waals surface area contributed by atoms with Crippen LogP contribution < -0.4 is 5.32 Å². The Morgan fingerprint density at radius 1 is 1.00 bits per heavy atom. The average molecular weight is 328 g/mol. The topological polar surface area (TPSA) is 18.5 Å². The molecule has 1 N–H and O–H groups in total. The lowest BCUT2D eigenvalue weighted by atomic mass is 9.82. The molecule has 3 fully saturated rings. The van der Waals surface area contributed by atoms with Gasteiger partial charge < -0.3 is 10.2 Å². The molecule has 0 saturated carbocycles. The minimum absolute atomic E-state index is 0.537. The molecule has 0 spiro atoms. The molecule has 3 saturated heterocycles. The van der Waals surface area contributed by atoms with Crippen molar-refractivity contribution in [2.24, 2.45) is 0 Å². The Kier molecular flexibility index (Phi) is 4.93. The monoisotopic (exact) mass is 327 g/mol. The van der Waals surface area contributed by atoms with Gasteiger partial charge in [-0.3, -0.25) is 4.90 Å². The molecule has 3 nitrogen and oxygen atoms in total. The van der Waals surface area contributed by atoms with Crippen LogP contribution in [0.5, 0.6) is 0 Å². The van der Waals surface area contributed by atoms with Gasteiger partial charge in [0.15, 0.2) is 0 Å². The van der Waals surface area contributed by atoms with Crippen LogP contribution in [0.1, 0.15) is 57.1 Å². The van der Waals surface area contributed by atoms with Gasteiger partial charge in [-0.2, -0.15) is 0 Å². The van der Waals surface area contributed by atoms with Crippen molar-refractivity contribution in [1.29, 1.82) is 0 Å². The molecule has 3 aliphatic heterocycles. The first kappa shape index (κ1) is 16.6. The second-order valence-electron chi connectivity index (χ2n) is 8.31. The van der Waals surface area contributed by atoms with Crippen molar-refractivity contribution in [2.75, 3.05) is 20.1 Å². The first-order valence-corrected chi connectivity index (χ1v) is 9.97. The van der Waals surface area contributed by atoms with Crippen molar-refractivity contribution in [3.63, 3.8) is 0 Å². The molecule has 2 bridgehead atoms. The number of rotatable bonds is 4. The summed E-state index contributed by atoms with van der Waals surface area (Å²) in [5.74, 6) is 0. The van der Waals surface area contributed by atoms with Gasteiger partial charge in [0.1, 0.15) is 0 Å². The van der Waals surface area contributed by atoms with Gasteiger partial charge in [0.2, 0.25) is 0 Å². The summed E-state index contributed by atoms with van der Waals surface area (Å²) in [5.41, 5.74) is 1.45. The van der Waals surface area contributed by atoms with Gasteiger partial charge in [0, 0.05) is 43.3 Å². The highest BCUT2D eigenvalue weighted by Gasteiger charge is 2.37. The predicted molar refractivity (Wildman–Crippen MR) is 100 cm³/mol. The lowest BCUT2D eigenvalue weighted by molar-refractivity contribution is 0.0459. The molecule has 1 aromatic rings. The van der Waals surface area contributed by atoms with E-state index in [2.05, 4.69) is 59.4 Å². The third-order valence-corrected chi connectivity index (χ3v) is 6.86. The van der Waals surface area contributed by atoms with Crippen LogP contribution in [0, 0.1) is 0 Å². The second-order valence-corrected chi connectivity index (χ2v) is 8.31. The first-order chi connectivity index (χ1) is 11.7. The van der Waals surface area contributed by atoms with Gasteiger partial charge in [-0.1, -0.05) is 36.8 Å². The van der Waals surface area contributed by atoms with E-state index in [1.165, 1.54) is 57.2 Å². The number of nitrogens with zero attached hydrogens (tertiary/aromatic N) is 2. The summed E-state index contributed by atoms with van der Waals surface area (Å²) in [6.45, 7) is 4.79. The molecule has 3 aliphatic rings. The maximum Gasteiger partial charge on any atom is 0.0320 e. The van der Waals surface area contributed by atoms with E-state index in [9.17, 15) is 0 Å². The fourth-order valence-electron chi connectivity index (χ4n) is 5.30. The highest BCUT2D eigenvalue weighted by Crippen LogP contribution is 2.33. The van der Waals surface area contributed by atoms with E-state index < -0.39 is 0 Å². The molecule has 24 heavy (non-hydrogen) atoms. The molecule has 0 aromatic heterocycles. The minimum Gasteiger partial charge on any atom is -0.310 e. The van der Waals surface area contributed by atoms with Crippen molar-refractivity contribution in [3.8, 4) is 0 Å². The zero-order valence-corrected chi connectivity index (χ0v) is 15.3. The molecule has 3 heteroatoms. The van der Waals surface area contributed by atoms with E-state index in [1.54, 1.807) is 0 Å². The summed E-state index contributed by atoms with van der Waals surface area (Å²) >= 11 is 0. The van der Waals surface area contributed by atoms with Gasteiger partial charge >= 0.3 is 0 Å². The van der Waals surface area contributed by atoms with Gasteiger partial charge in [0.05, 0.1) is 0 Å². The summed E-state index contributed by atoms with van der Waals surface area (Å²) in [5, 5.41) is 4.03. The second kappa shape index (κ2) is 7.15. The molecule has 0 amide bonds. The highest BCUT2D eigenvalue weighted by molar-refractivity contribution is 5.18. The zero-order chi connectivity index (χ0) is 16.5. The Bertz CT molecular complexity index is 517. The van der Waals surface area contributed by atoms with E-state index in [-0.39, 0.29) is 0 Å². The lowest BCUT2D eigenvalue weighted by Gasteiger charge is -2.47. The molecule has 3 heterocycles. The van der Waals surface area contributed by atoms with Crippen molar-refractivity contribution >= 4 is 0 Å². The standard InChI is InChI=1S/C21H33N3/c1-16(17-7-4-3-5-8-17)24-12-11-18(15-24)22-19-13-20-9-6-10-21(14-19)23(20)2/h3-5,7-8,16,18-22H,6,9-15H2,1-2H3/t16-,18+,19?,20-,21+/m1/s1. The molecular formula is C21H33N3. The fourth-order valence-corrected chi connectivity index (χ4v) is 5.30. The Morgan fingerprint density at radius 2 is 1.71 bits per heavy atom. The third kappa shape index (κ3) is 3.40. The summed E-state index contributed by atoms with van der Waals surface area (Å²) in [6, 6.07) is 14.6. The number of fused-ring (bicyclic) bond motifs is 2. The van der Waals surface area contributed by atoms with Gasteiger partial charge in [-0.15, -0.1) is 0 Å². The number of piperidine rings is 2. The third-order valence-electron chi connectivity index (χ3n) is 6.86. The van der Waals surface area contributed by atoms with Gasteiger partial charge in [-0.25, -0.2) is 0 Å². The van der Waals surface area contributed by atoms with Crippen LogP contribution in [0.4, 0.5) is 0 Å². The van der Waals surface area contributed by atoms with Crippen molar-refractivity contribution < 1.29 is 0 Å². The van der Waals surface area contributed by atoms with Crippen LogP contribution >= 0.6 is 0 Å². The lowest BCUT2D eigenvalue weighted by Crippen LogP contribution is -2.56. The Morgan fingerprint density at radius 3 is 2.42 bits per heavy atom. The normalized spacial score (nSPS) is 35.9. The SMILES string of the molecule is C[C@H](c1ccccc1)N1CC[C@H](NC2C[C@H]3CCC[C@@H](C2)N3C)C1. The molecule has 132 valence electrons. The van der Waals surface area contributed by atoms with Crippen LogP contribution in [0.3, 0.4) is 0 Å². The smallest absolute Gasteiger partial charge is 0.0320 e. The fraction of sp³-hybridized carbons (Fsp3) is 0.714. The summed E-state index contributed by atoms with van der Waals surface area (Å²) in [7, 11) is 2.35. The van der Waals surface area contributed by atoms with E-state index in [0.717, 1.165) is 18.1 Å². The number of nitrogens with one attached hydrogen (secondary N) is 1. The van der Waals surface area contributed by atoms with Crippen LogP contribution in [0.15, 0.2) is 30.3 Å². The predicted octanol–water partition coefficient (Wildman–Crippen LogP) is 3.43. The number of hydrogen-bond acceptors (Lipinski definition) is 3. The van der Waals surface area contributed by atoms with Crippen molar-refractivity contribution in [1.82, 2.24) is 15.1 Å². The van der Waals surface area contributed by atoms with Crippen LogP contribution in [-0.4, -0.2) is 54.1 Å². The Labute approximate surface area is 147 Å². The highest BCUT2D eigenvalue weighted by atomic mass is 15.2. The van der Waals surface area contributed by atoms with Gasteiger partial charge in [-0.05, 0) is 51.6 Å². The van der Waals surface area contributed by atoms with Crippen molar-refractivity contribution in [2.45, 2.75) is 75.7 Å². The summed E-state index contributed by atoms with van der Waals surface area (Å²) in [6.07, 6.45) is 8.28. The average Bonchev–Trinajstić information content (AvgIpc) is 3.04. The molecule has 1 aromatic carbocycles. The molecular weight excluding hydrogens is 294 g/mol. The molecule has 0 radical (unpaired) electrons. The first-order valence-electron chi connectivity index (χ1n) is 9.97. The number of hydrogen-bond donors (Lipinski definition) is 1. The van der Waals surface area contributed by atoms with Gasteiger partial charge in [0.25, 0.3) is 0 Å². The Hall–Kier alpha value is -0.900. The number of likely N-dealkylation sites (tertiary alicyclic amines) is 1. The summed E-state index contributed by atoms with van der Waals surface area (Å²) in [4.78, 5) is 5.32. The summed E-state index contributed by atoms with van der Waals surface area (Å²) < 4.78 is 0. The largest absolute Gasteiger partial charge is 0.310 e. The quantitative estimate of drug-likeness (QED) is 0.914. The molecule has 5 atom stereocenters.